The van der Waals surface area contributed by atoms with Gasteiger partial charge in [-0.2, -0.15) is 0 Å². The molecular weight excluding hydrogens is 524 g/mol. The van der Waals surface area contributed by atoms with E-state index in [0.717, 1.165) is 38.8 Å². The number of rotatable bonds is 19. The molecule has 0 amide bonds. The maximum Gasteiger partial charge on any atom is 0.333 e. The molecule has 1 saturated carbocycles. The van der Waals surface area contributed by atoms with Gasteiger partial charge in [-0.15, -0.1) is 0 Å². The molecule has 1 aromatic carbocycles. The third-order valence-corrected chi connectivity index (χ3v) is 13.2. The molecule has 0 aromatic heterocycles. The molecule has 1 aliphatic carbocycles. The van der Waals surface area contributed by atoms with Crippen LogP contribution in [0.3, 0.4) is 0 Å². The van der Waals surface area contributed by atoms with Gasteiger partial charge >= 0.3 is 5.97 Å². The first-order chi connectivity index (χ1) is 19.7. The SMILES string of the molecule is C=C(C)C(=O)OCc1cc(C2CCC(CCCCC)CC2)ccc1[Si](C)(C)CCCCCOCC1(CCC)COC1. The summed E-state index contributed by atoms with van der Waals surface area (Å²) in [6, 6.07) is 8.43. The highest BCUT2D eigenvalue weighted by atomic mass is 28.3. The Kier molecular flexibility index (Phi) is 14.1. The monoisotopic (exact) mass is 584 g/mol. The third-order valence-electron chi connectivity index (χ3n) is 9.70. The molecule has 2 fully saturated rings. The zero-order valence-electron chi connectivity index (χ0n) is 27.2. The molecule has 1 aromatic rings. The molecule has 0 unspecified atom stereocenters. The Bertz CT molecular complexity index is 943. The van der Waals surface area contributed by atoms with E-state index < -0.39 is 8.07 Å². The molecule has 0 radical (unpaired) electrons. The Labute approximate surface area is 253 Å². The van der Waals surface area contributed by atoms with Crippen molar-refractivity contribution in [2.45, 2.75) is 136 Å². The molecular formula is C36H60O4Si. The minimum absolute atomic E-state index is 0.285. The van der Waals surface area contributed by atoms with Crippen LogP contribution in [0.4, 0.5) is 0 Å². The first kappa shape index (κ1) is 34.1. The zero-order valence-corrected chi connectivity index (χ0v) is 28.2. The van der Waals surface area contributed by atoms with Crippen LogP contribution in [-0.4, -0.2) is 40.5 Å². The van der Waals surface area contributed by atoms with Gasteiger partial charge in [0, 0.05) is 17.6 Å². The molecule has 2 aliphatic rings. The van der Waals surface area contributed by atoms with Gasteiger partial charge in [0.2, 0.25) is 0 Å². The molecule has 1 saturated heterocycles. The van der Waals surface area contributed by atoms with E-state index in [-0.39, 0.29) is 11.4 Å². The lowest BCUT2D eigenvalue weighted by atomic mass is 9.77. The lowest BCUT2D eigenvalue weighted by Crippen LogP contribution is -2.46. The van der Waals surface area contributed by atoms with Crippen molar-refractivity contribution in [2.75, 3.05) is 26.4 Å². The Balaban J connectivity index is 1.55. The molecule has 3 rings (SSSR count). The lowest BCUT2D eigenvalue weighted by Gasteiger charge is -2.41. The smallest absolute Gasteiger partial charge is 0.333 e. The van der Waals surface area contributed by atoms with Crippen LogP contribution in [0, 0.1) is 11.3 Å². The quantitative estimate of drug-likeness (QED) is 0.0704. The second kappa shape index (κ2) is 17.0. The van der Waals surface area contributed by atoms with E-state index in [1.165, 1.54) is 99.4 Å². The van der Waals surface area contributed by atoms with E-state index in [0.29, 0.717) is 18.1 Å². The van der Waals surface area contributed by atoms with Crippen LogP contribution in [0.1, 0.15) is 121 Å². The van der Waals surface area contributed by atoms with Gasteiger partial charge in [-0.25, -0.2) is 4.79 Å². The number of benzene rings is 1. The minimum atomic E-state index is -1.70. The van der Waals surface area contributed by atoms with Gasteiger partial charge in [-0.05, 0) is 68.4 Å². The second-order valence-electron chi connectivity index (χ2n) is 14.0. The zero-order chi connectivity index (χ0) is 29.7. The van der Waals surface area contributed by atoms with Gasteiger partial charge in [0.25, 0.3) is 0 Å². The number of esters is 1. The van der Waals surface area contributed by atoms with Crippen molar-refractivity contribution in [3.63, 3.8) is 0 Å². The third kappa shape index (κ3) is 10.7. The van der Waals surface area contributed by atoms with Gasteiger partial charge in [0.05, 0.1) is 27.9 Å². The Morgan fingerprint density at radius 3 is 2.41 bits per heavy atom. The second-order valence-corrected chi connectivity index (χ2v) is 18.8. The molecule has 1 aliphatic heterocycles. The van der Waals surface area contributed by atoms with Crippen LogP contribution in [0.15, 0.2) is 30.4 Å². The maximum atomic E-state index is 12.3. The molecule has 0 N–H and O–H groups in total. The average Bonchev–Trinajstić information content (AvgIpc) is 2.94. The van der Waals surface area contributed by atoms with Gasteiger partial charge in [-0.3, -0.25) is 0 Å². The van der Waals surface area contributed by atoms with Crippen LogP contribution in [0.25, 0.3) is 0 Å². The van der Waals surface area contributed by atoms with Crippen molar-refractivity contribution in [2.24, 2.45) is 11.3 Å². The van der Waals surface area contributed by atoms with Crippen LogP contribution < -0.4 is 5.19 Å². The molecule has 0 spiro atoms. The van der Waals surface area contributed by atoms with Crippen molar-refractivity contribution in [3.8, 4) is 0 Å². The molecule has 1 heterocycles. The summed E-state index contributed by atoms with van der Waals surface area (Å²) in [5, 5.41) is 1.45. The topological polar surface area (TPSA) is 44.8 Å². The van der Waals surface area contributed by atoms with Crippen molar-refractivity contribution in [1.29, 1.82) is 0 Å². The number of carbonyl (C=O) groups is 1. The molecule has 4 nitrogen and oxygen atoms in total. The first-order valence-corrected chi connectivity index (χ1v) is 20.0. The Morgan fingerprint density at radius 1 is 1.02 bits per heavy atom. The van der Waals surface area contributed by atoms with Gasteiger partial charge in [0.1, 0.15) is 6.61 Å². The van der Waals surface area contributed by atoms with Crippen LogP contribution >= 0.6 is 0 Å². The van der Waals surface area contributed by atoms with Crippen molar-refractivity contribution >= 4 is 19.2 Å². The summed E-state index contributed by atoms with van der Waals surface area (Å²) in [5.74, 6) is 1.26. The highest BCUT2D eigenvalue weighted by Crippen LogP contribution is 2.38. The Hall–Kier alpha value is -1.43. The van der Waals surface area contributed by atoms with E-state index in [1.807, 2.05) is 0 Å². The van der Waals surface area contributed by atoms with Crippen LogP contribution in [0.2, 0.25) is 19.1 Å². The first-order valence-electron chi connectivity index (χ1n) is 16.8. The molecule has 5 heteroatoms. The van der Waals surface area contributed by atoms with E-state index in [1.54, 1.807) is 6.92 Å². The number of unbranched alkanes of at least 4 members (excludes halogenated alkanes) is 4. The maximum absolute atomic E-state index is 12.3. The van der Waals surface area contributed by atoms with Gasteiger partial charge < -0.3 is 14.2 Å². The molecule has 0 atom stereocenters. The predicted octanol–water partition coefficient (Wildman–Crippen LogP) is 9.08. The highest BCUT2D eigenvalue weighted by Gasteiger charge is 2.37. The molecule has 232 valence electrons. The molecule has 41 heavy (non-hydrogen) atoms. The van der Waals surface area contributed by atoms with Crippen molar-refractivity contribution in [1.82, 2.24) is 0 Å². The average molecular weight is 585 g/mol. The summed E-state index contributed by atoms with van der Waals surface area (Å²) in [5.41, 5.74) is 3.43. The van der Waals surface area contributed by atoms with Crippen LogP contribution in [0.5, 0.6) is 0 Å². The predicted molar refractivity (Wildman–Crippen MR) is 175 cm³/mol. The van der Waals surface area contributed by atoms with Gasteiger partial charge in [-0.1, -0.05) is 108 Å². The van der Waals surface area contributed by atoms with Crippen molar-refractivity contribution < 1.29 is 19.0 Å². The summed E-state index contributed by atoms with van der Waals surface area (Å²) in [6.07, 6.45) is 16.7. The molecule has 0 bridgehead atoms. The normalized spacial score (nSPS) is 20.4. The van der Waals surface area contributed by atoms with E-state index in [4.69, 9.17) is 14.2 Å². The number of hydrogen-bond donors (Lipinski definition) is 0. The van der Waals surface area contributed by atoms with Crippen LogP contribution in [-0.2, 0) is 25.6 Å². The highest BCUT2D eigenvalue weighted by molar-refractivity contribution is 6.90. The van der Waals surface area contributed by atoms with E-state index in [9.17, 15) is 4.79 Å². The number of hydrogen-bond acceptors (Lipinski definition) is 4. The fourth-order valence-electron chi connectivity index (χ4n) is 6.97. The lowest BCUT2D eigenvalue weighted by molar-refractivity contribution is -0.152. The fourth-order valence-corrected chi connectivity index (χ4v) is 9.92. The summed E-state index contributed by atoms with van der Waals surface area (Å²) in [4.78, 5) is 12.3. The Morgan fingerprint density at radius 2 is 1.78 bits per heavy atom. The number of carbonyl (C=O) groups excluding carboxylic acids is 1. The fraction of sp³-hybridized carbons (Fsp3) is 0.750. The minimum Gasteiger partial charge on any atom is -0.457 e. The standard InChI is InChI=1S/C36H60O4Si/c1-7-9-11-14-30-15-17-31(18-16-30)32-19-20-34(33(24-32)25-40-35(37)29(3)4)41(5,6)23-13-10-12-22-38-26-36(21-8-2)27-39-28-36/h19-20,24,30-31H,3,7-18,21-23,25-28H2,1-2,4-6H3. The largest absolute Gasteiger partial charge is 0.457 e. The van der Waals surface area contributed by atoms with E-state index in [2.05, 4.69) is 51.7 Å². The number of ether oxygens (including phenoxy) is 3. The van der Waals surface area contributed by atoms with Gasteiger partial charge in [0.15, 0.2) is 0 Å². The summed E-state index contributed by atoms with van der Waals surface area (Å²) >= 11 is 0. The van der Waals surface area contributed by atoms with E-state index >= 15 is 0 Å². The summed E-state index contributed by atoms with van der Waals surface area (Å²) in [7, 11) is -1.70. The van der Waals surface area contributed by atoms with Crippen molar-refractivity contribution in [3.05, 3.63) is 41.5 Å². The summed E-state index contributed by atoms with van der Waals surface area (Å²) in [6.45, 7) is 18.8. The summed E-state index contributed by atoms with van der Waals surface area (Å²) < 4.78 is 17.3.